The Morgan fingerprint density at radius 1 is 1.18 bits per heavy atom. The van der Waals surface area contributed by atoms with Crippen molar-refractivity contribution >= 4 is 11.6 Å². The van der Waals surface area contributed by atoms with Crippen LogP contribution in [0.3, 0.4) is 0 Å². The molecule has 1 aromatic carbocycles. The third-order valence-corrected chi connectivity index (χ3v) is 2.64. The van der Waals surface area contributed by atoms with Crippen molar-refractivity contribution in [3.63, 3.8) is 0 Å². The van der Waals surface area contributed by atoms with E-state index in [4.69, 9.17) is 16.7 Å². The molecule has 17 heavy (non-hydrogen) atoms. The fraction of sp³-hybridized carbons (Fsp3) is 0.273. The molecule has 0 unspecified atom stereocenters. The fourth-order valence-corrected chi connectivity index (χ4v) is 1.76. The third kappa shape index (κ3) is 2.46. The van der Waals surface area contributed by atoms with Gasteiger partial charge in [-0.3, -0.25) is 0 Å². The van der Waals surface area contributed by atoms with Crippen LogP contribution in [0.25, 0.3) is 11.3 Å². The second-order valence-electron chi connectivity index (χ2n) is 3.50. The number of halogens is 1. The van der Waals surface area contributed by atoms with Crippen LogP contribution in [0.2, 0.25) is 5.02 Å². The van der Waals surface area contributed by atoms with E-state index in [1.165, 1.54) is 0 Å². The van der Waals surface area contributed by atoms with Gasteiger partial charge in [0.05, 0.1) is 25.5 Å². The van der Waals surface area contributed by atoms with Gasteiger partial charge in [-0.15, -0.1) is 5.10 Å². The largest absolute Gasteiger partial charge is 0.394 e. The second kappa shape index (κ2) is 5.27. The number of aliphatic hydroxyl groups excluding tert-OH is 2. The first-order valence-corrected chi connectivity index (χ1v) is 5.54. The highest BCUT2D eigenvalue weighted by atomic mass is 35.5. The van der Waals surface area contributed by atoms with E-state index < -0.39 is 0 Å². The van der Waals surface area contributed by atoms with Crippen LogP contribution in [0.4, 0.5) is 0 Å². The summed E-state index contributed by atoms with van der Waals surface area (Å²) in [6, 6.07) is 7.17. The van der Waals surface area contributed by atoms with E-state index in [1.54, 1.807) is 16.8 Å². The highest BCUT2D eigenvalue weighted by molar-refractivity contribution is 6.30. The predicted octanol–water partition coefficient (Wildman–Crippen LogP) is 1.08. The highest BCUT2D eigenvalue weighted by Crippen LogP contribution is 2.23. The fourth-order valence-electron chi connectivity index (χ4n) is 1.63. The molecular weight excluding hydrogens is 242 g/mol. The molecule has 5 nitrogen and oxygen atoms in total. The van der Waals surface area contributed by atoms with Crippen molar-refractivity contribution < 1.29 is 10.2 Å². The first-order chi connectivity index (χ1) is 8.26. The first-order valence-electron chi connectivity index (χ1n) is 5.16. The van der Waals surface area contributed by atoms with E-state index in [0.717, 1.165) is 5.56 Å². The molecule has 0 aliphatic carbocycles. The molecule has 0 saturated carbocycles. The van der Waals surface area contributed by atoms with E-state index in [9.17, 15) is 5.11 Å². The number of aliphatic hydroxyl groups is 2. The summed E-state index contributed by atoms with van der Waals surface area (Å²) in [6.07, 6.45) is 0. The normalized spacial score (nSPS) is 10.8. The monoisotopic (exact) mass is 253 g/mol. The van der Waals surface area contributed by atoms with Gasteiger partial charge in [0.15, 0.2) is 0 Å². The Labute approximate surface area is 103 Å². The summed E-state index contributed by atoms with van der Waals surface area (Å²) in [4.78, 5) is 0. The van der Waals surface area contributed by atoms with Gasteiger partial charge >= 0.3 is 0 Å². The lowest BCUT2D eigenvalue weighted by Crippen LogP contribution is -2.06. The topological polar surface area (TPSA) is 71.2 Å². The lowest BCUT2D eigenvalue weighted by molar-refractivity contribution is 0.268. The standard InChI is InChI=1S/C11H12ClN3O2/c12-9-3-1-8(2-4-9)11-10(7-17)13-14-15(11)5-6-16/h1-4,16-17H,5-7H2. The van der Waals surface area contributed by atoms with Crippen LogP contribution >= 0.6 is 11.6 Å². The summed E-state index contributed by atoms with van der Waals surface area (Å²) in [5.74, 6) is 0. The molecule has 0 amide bonds. The zero-order chi connectivity index (χ0) is 12.3. The van der Waals surface area contributed by atoms with Crippen LogP contribution in [0.5, 0.6) is 0 Å². The zero-order valence-corrected chi connectivity index (χ0v) is 9.80. The molecule has 0 radical (unpaired) electrons. The molecule has 6 heteroatoms. The maximum absolute atomic E-state index is 9.21. The minimum absolute atomic E-state index is 0.0329. The number of benzene rings is 1. The van der Waals surface area contributed by atoms with Crippen molar-refractivity contribution in [2.24, 2.45) is 0 Å². The quantitative estimate of drug-likeness (QED) is 0.856. The van der Waals surface area contributed by atoms with Crippen molar-refractivity contribution in [1.82, 2.24) is 15.0 Å². The Balaban J connectivity index is 2.47. The predicted molar refractivity (Wildman–Crippen MR) is 63.5 cm³/mol. The minimum Gasteiger partial charge on any atom is -0.394 e. The van der Waals surface area contributed by atoms with Gasteiger partial charge in [-0.25, -0.2) is 4.68 Å². The van der Waals surface area contributed by atoms with Gasteiger partial charge in [0.2, 0.25) is 0 Å². The minimum atomic E-state index is -0.191. The lowest BCUT2D eigenvalue weighted by Gasteiger charge is -2.06. The molecule has 90 valence electrons. The van der Waals surface area contributed by atoms with Gasteiger partial charge in [0.25, 0.3) is 0 Å². The molecule has 2 N–H and O–H groups in total. The van der Waals surface area contributed by atoms with Crippen molar-refractivity contribution in [3.8, 4) is 11.3 Å². The second-order valence-corrected chi connectivity index (χ2v) is 3.93. The zero-order valence-electron chi connectivity index (χ0n) is 9.04. The first kappa shape index (κ1) is 12.0. The Hall–Kier alpha value is -1.43. The summed E-state index contributed by atoms with van der Waals surface area (Å²) in [7, 11) is 0. The van der Waals surface area contributed by atoms with Crippen LogP contribution < -0.4 is 0 Å². The van der Waals surface area contributed by atoms with Gasteiger partial charge in [-0.05, 0) is 12.1 Å². The van der Waals surface area contributed by atoms with Crippen LogP contribution in [0.15, 0.2) is 24.3 Å². The average molecular weight is 254 g/mol. The molecule has 0 aliphatic heterocycles. The summed E-state index contributed by atoms with van der Waals surface area (Å²) in [5, 5.41) is 26.6. The van der Waals surface area contributed by atoms with E-state index in [0.29, 0.717) is 23.0 Å². The summed E-state index contributed by atoms with van der Waals surface area (Å²) in [5.41, 5.74) is 2.05. The molecule has 0 spiro atoms. The Morgan fingerprint density at radius 3 is 2.47 bits per heavy atom. The molecule has 2 aromatic rings. The van der Waals surface area contributed by atoms with Crippen molar-refractivity contribution in [2.75, 3.05) is 6.61 Å². The van der Waals surface area contributed by atoms with Crippen LogP contribution in [-0.4, -0.2) is 31.8 Å². The van der Waals surface area contributed by atoms with E-state index in [-0.39, 0.29) is 13.2 Å². The summed E-state index contributed by atoms with van der Waals surface area (Å²) >= 11 is 5.82. The van der Waals surface area contributed by atoms with Crippen molar-refractivity contribution in [2.45, 2.75) is 13.2 Å². The number of aromatic nitrogens is 3. The molecule has 0 atom stereocenters. The smallest absolute Gasteiger partial charge is 0.116 e. The van der Waals surface area contributed by atoms with Gasteiger partial charge in [0, 0.05) is 10.6 Å². The Morgan fingerprint density at radius 2 is 1.88 bits per heavy atom. The van der Waals surface area contributed by atoms with Crippen LogP contribution in [0, 0.1) is 0 Å². The lowest BCUT2D eigenvalue weighted by atomic mass is 10.1. The van der Waals surface area contributed by atoms with E-state index in [1.807, 2.05) is 12.1 Å². The van der Waals surface area contributed by atoms with E-state index in [2.05, 4.69) is 10.3 Å². The van der Waals surface area contributed by atoms with Gasteiger partial charge < -0.3 is 10.2 Å². The average Bonchev–Trinajstić information content (AvgIpc) is 2.74. The van der Waals surface area contributed by atoms with Crippen LogP contribution in [0.1, 0.15) is 5.69 Å². The van der Waals surface area contributed by atoms with Crippen molar-refractivity contribution in [1.29, 1.82) is 0 Å². The van der Waals surface area contributed by atoms with Gasteiger partial charge in [-0.2, -0.15) is 0 Å². The molecule has 0 bridgehead atoms. The maximum atomic E-state index is 9.21. The number of hydrogen-bond acceptors (Lipinski definition) is 4. The molecule has 0 fully saturated rings. The number of rotatable bonds is 4. The summed E-state index contributed by atoms with van der Waals surface area (Å²) < 4.78 is 1.56. The molecule has 1 aromatic heterocycles. The maximum Gasteiger partial charge on any atom is 0.116 e. The number of nitrogens with zero attached hydrogens (tertiary/aromatic N) is 3. The van der Waals surface area contributed by atoms with Crippen LogP contribution in [-0.2, 0) is 13.2 Å². The van der Waals surface area contributed by atoms with Crippen molar-refractivity contribution in [3.05, 3.63) is 35.0 Å². The summed E-state index contributed by atoms with van der Waals surface area (Å²) in [6.45, 7) is 0.114. The Bertz CT molecular complexity index is 496. The Kier molecular flexibility index (Phi) is 3.73. The van der Waals surface area contributed by atoms with E-state index >= 15 is 0 Å². The molecular formula is C11H12ClN3O2. The molecule has 2 rings (SSSR count). The number of hydrogen-bond donors (Lipinski definition) is 2. The van der Waals surface area contributed by atoms with Gasteiger partial charge in [0.1, 0.15) is 5.69 Å². The SMILES string of the molecule is OCCn1nnc(CO)c1-c1ccc(Cl)cc1. The molecule has 1 heterocycles. The molecule has 0 saturated heterocycles. The third-order valence-electron chi connectivity index (χ3n) is 2.38. The van der Waals surface area contributed by atoms with Gasteiger partial charge in [-0.1, -0.05) is 28.9 Å². The molecule has 0 aliphatic rings. The highest BCUT2D eigenvalue weighted by Gasteiger charge is 2.13.